The monoisotopic (exact) mass is 441 g/mol. The molecule has 2 aromatic carbocycles. The van der Waals surface area contributed by atoms with Crippen LogP contribution in [0.5, 0.6) is 0 Å². The molecule has 0 aliphatic carbocycles. The summed E-state index contributed by atoms with van der Waals surface area (Å²) in [5, 5.41) is 6.14. The normalized spacial score (nSPS) is 16.0. The maximum Gasteiger partial charge on any atom is 0.412 e. The Morgan fingerprint density at radius 2 is 1.81 bits per heavy atom. The summed E-state index contributed by atoms with van der Waals surface area (Å²) in [5.41, 5.74) is 2.56. The van der Waals surface area contributed by atoms with Crippen LogP contribution in [0, 0.1) is 5.82 Å². The van der Waals surface area contributed by atoms with Gasteiger partial charge in [-0.15, -0.1) is 0 Å². The summed E-state index contributed by atoms with van der Waals surface area (Å²) in [5.74, 6) is -1.75. The largest absolute Gasteiger partial charge is 0.444 e. The molecule has 1 aliphatic heterocycles. The van der Waals surface area contributed by atoms with Gasteiger partial charge in [0.1, 0.15) is 17.5 Å². The Hall–Kier alpha value is -3.95. The third kappa shape index (κ3) is 5.60. The lowest BCUT2D eigenvalue weighted by Crippen LogP contribution is -2.57. The van der Waals surface area contributed by atoms with E-state index in [4.69, 9.17) is 4.74 Å². The van der Waals surface area contributed by atoms with E-state index in [1.54, 1.807) is 58.0 Å². The van der Waals surface area contributed by atoms with Gasteiger partial charge in [-0.3, -0.25) is 20.3 Å². The molecule has 0 bridgehead atoms. The van der Waals surface area contributed by atoms with Crippen LogP contribution in [0.4, 0.5) is 26.2 Å². The number of halogens is 1. The fraction of sp³-hybridized carbons (Fsp3) is 0.273. The molecule has 0 aromatic heterocycles. The summed E-state index contributed by atoms with van der Waals surface area (Å²) in [6, 6.07) is 11.7. The van der Waals surface area contributed by atoms with Crippen LogP contribution in [0.3, 0.4) is 0 Å². The number of benzene rings is 2. The second-order valence-corrected chi connectivity index (χ2v) is 8.05. The number of amidine groups is 1. The minimum Gasteiger partial charge on any atom is -0.444 e. The summed E-state index contributed by atoms with van der Waals surface area (Å²) in [6.45, 7) is 6.62. The highest BCUT2D eigenvalue weighted by molar-refractivity contribution is 6.43. The number of aliphatic imine (C=N–C) groups is 1. The van der Waals surface area contributed by atoms with Crippen molar-refractivity contribution in [3.63, 3.8) is 0 Å². The van der Waals surface area contributed by atoms with Gasteiger partial charge in [-0.05, 0) is 58.0 Å². The average molecular weight is 441 g/mol. The predicted molar refractivity (Wildman–Crippen MR) is 119 cm³/mol. The third-order valence-corrected chi connectivity index (χ3v) is 4.21. The second kappa shape index (κ2) is 9.04. The number of para-hydroxylation sites is 1. The van der Waals surface area contributed by atoms with Crippen molar-refractivity contribution in [2.24, 2.45) is 4.99 Å². The zero-order valence-electron chi connectivity index (χ0n) is 18.1. The van der Waals surface area contributed by atoms with Crippen molar-refractivity contribution < 1.29 is 23.5 Å². The van der Waals surface area contributed by atoms with Crippen LogP contribution in [0.1, 0.15) is 27.7 Å². The van der Waals surface area contributed by atoms with E-state index in [2.05, 4.69) is 21.1 Å². The van der Waals surface area contributed by atoms with Gasteiger partial charge in [0.15, 0.2) is 0 Å². The molecule has 1 atom stereocenters. The summed E-state index contributed by atoms with van der Waals surface area (Å²) in [6.07, 6.45) is -0.830. The minimum atomic E-state index is -0.830. The molecule has 3 amide bonds. The number of rotatable bonds is 4. The van der Waals surface area contributed by atoms with Crippen molar-refractivity contribution in [3.05, 3.63) is 54.3 Å². The van der Waals surface area contributed by atoms with Gasteiger partial charge in [-0.2, -0.15) is 0 Å². The van der Waals surface area contributed by atoms with E-state index in [1.807, 2.05) is 0 Å². The molecule has 0 saturated carbocycles. The number of nitrogens with zero attached hydrogens (tertiary/aromatic N) is 2. The first kappa shape index (κ1) is 22.7. The number of anilines is 3. The lowest BCUT2D eigenvalue weighted by Gasteiger charge is -2.30. The van der Waals surface area contributed by atoms with Crippen molar-refractivity contribution in [3.8, 4) is 0 Å². The van der Waals surface area contributed by atoms with Gasteiger partial charge in [-0.25, -0.2) is 19.2 Å². The van der Waals surface area contributed by atoms with Crippen LogP contribution in [0.2, 0.25) is 0 Å². The Bertz CT molecular complexity index is 1070. The molecule has 32 heavy (non-hydrogen) atoms. The highest BCUT2D eigenvalue weighted by atomic mass is 19.1. The van der Waals surface area contributed by atoms with Crippen molar-refractivity contribution in [2.75, 3.05) is 15.6 Å². The van der Waals surface area contributed by atoms with E-state index in [0.29, 0.717) is 5.69 Å². The Morgan fingerprint density at radius 3 is 2.47 bits per heavy atom. The molecule has 3 rings (SSSR count). The molecule has 1 aliphatic rings. The molecule has 0 saturated heterocycles. The number of hydrogen-bond donors (Lipinski definition) is 3. The fourth-order valence-electron chi connectivity index (χ4n) is 2.81. The molecule has 1 unspecified atom stereocenters. The molecule has 10 heteroatoms. The van der Waals surface area contributed by atoms with Crippen LogP contribution in [0.15, 0.2) is 53.5 Å². The van der Waals surface area contributed by atoms with Gasteiger partial charge in [0.05, 0.1) is 11.4 Å². The number of carbonyl (C=O) groups excluding carboxylic acids is 3. The summed E-state index contributed by atoms with van der Waals surface area (Å²) < 4.78 is 19.2. The van der Waals surface area contributed by atoms with Crippen LogP contribution in [-0.2, 0) is 14.3 Å². The molecule has 168 valence electrons. The second-order valence-electron chi connectivity index (χ2n) is 8.05. The molecule has 0 fully saturated rings. The van der Waals surface area contributed by atoms with Crippen LogP contribution in [-0.4, -0.2) is 35.4 Å². The smallest absolute Gasteiger partial charge is 0.412 e. The van der Waals surface area contributed by atoms with E-state index in [-0.39, 0.29) is 23.1 Å². The number of hydrogen-bond acceptors (Lipinski definition) is 6. The molecular formula is C22H24FN5O4. The van der Waals surface area contributed by atoms with E-state index in [1.165, 1.54) is 17.1 Å². The van der Waals surface area contributed by atoms with Crippen LogP contribution < -0.4 is 21.1 Å². The van der Waals surface area contributed by atoms with Gasteiger partial charge in [0.2, 0.25) is 5.84 Å². The summed E-state index contributed by atoms with van der Waals surface area (Å²) in [7, 11) is 0. The van der Waals surface area contributed by atoms with Crippen molar-refractivity contribution in [1.82, 2.24) is 5.43 Å². The standard InChI is InChI=1S/C22H24FN5O4/c1-13-20(30)28(15-8-6-5-7-9-15)27-18(24-13)19(29)25-14-10-11-16(23)17(12-14)26-21(31)32-22(2,3)4/h5-13H,1-4H3,(H,24,27)(H,25,29)(H,26,31). The molecule has 3 N–H and O–H groups in total. The number of ether oxygens (including phenoxy) is 1. The van der Waals surface area contributed by atoms with Crippen LogP contribution in [0.25, 0.3) is 0 Å². The number of nitrogens with one attached hydrogen (secondary N) is 3. The number of amides is 3. The van der Waals surface area contributed by atoms with Gasteiger partial charge in [0.25, 0.3) is 11.8 Å². The predicted octanol–water partition coefficient (Wildman–Crippen LogP) is 3.45. The molecular weight excluding hydrogens is 417 g/mol. The quantitative estimate of drug-likeness (QED) is 0.673. The van der Waals surface area contributed by atoms with Crippen molar-refractivity contribution >= 4 is 40.8 Å². The molecule has 2 aromatic rings. The van der Waals surface area contributed by atoms with Gasteiger partial charge in [0, 0.05) is 5.69 Å². The van der Waals surface area contributed by atoms with E-state index in [0.717, 1.165) is 6.07 Å². The summed E-state index contributed by atoms with van der Waals surface area (Å²) in [4.78, 5) is 41.3. The van der Waals surface area contributed by atoms with Gasteiger partial charge < -0.3 is 10.1 Å². The first-order valence-electron chi connectivity index (χ1n) is 9.88. The Kier molecular flexibility index (Phi) is 6.42. The zero-order valence-corrected chi connectivity index (χ0v) is 18.1. The summed E-state index contributed by atoms with van der Waals surface area (Å²) >= 11 is 0. The third-order valence-electron chi connectivity index (χ3n) is 4.21. The first-order valence-corrected chi connectivity index (χ1v) is 9.88. The topological polar surface area (TPSA) is 112 Å². The Labute approximate surface area is 184 Å². The SMILES string of the molecule is CC1N=C(C(=O)Nc2ccc(F)c(NC(=O)OC(C)(C)C)c2)NN(c2ccccc2)C1=O. The molecule has 0 radical (unpaired) electrons. The zero-order chi connectivity index (χ0) is 23.5. The lowest BCUT2D eigenvalue weighted by atomic mass is 10.2. The van der Waals surface area contributed by atoms with Crippen LogP contribution >= 0.6 is 0 Å². The molecule has 0 spiro atoms. The molecule has 9 nitrogen and oxygen atoms in total. The van der Waals surface area contributed by atoms with E-state index >= 15 is 0 Å². The van der Waals surface area contributed by atoms with Crippen molar-refractivity contribution in [1.29, 1.82) is 0 Å². The Balaban J connectivity index is 1.74. The first-order chi connectivity index (χ1) is 15.0. The van der Waals surface area contributed by atoms with E-state index in [9.17, 15) is 18.8 Å². The Morgan fingerprint density at radius 1 is 1.12 bits per heavy atom. The highest BCUT2D eigenvalue weighted by Gasteiger charge is 2.30. The number of hydrazine groups is 1. The lowest BCUT2D eigenvalue weighted by molar-refractivity contribution is -0.120. The maximum atomic E-state index is 14.1. The minimum absolute atomic E-state index is 0.0908. The average Bonchev–Trinajstić information content (AvgIpc) is 2.71. The number of carbonyl (C=O) groups is 3. The van der Waals surface area contributed by atoms with Gasteiger partial charge in [-0.1, -0.05) is 18.2 Å². The highest BCUT2D eigenvalue weighted by Crippen LogP contribution is 2.21. The maximum absolute atomic E-state index is 14.1. The van der Waals surface area contributed by atoms with Crippen molar-refractivity contribution in [2.45, 2.75) is 39.3 Å². The fourth-order valence-corrected chi connectivity index (χ4v) is 2.81. The molecule has 1 heterocycles. The van der Waals surface area contributed by atoms with Gasteiger partial charge >= 0.3 is 6.09 Å². The van der Waals surface area contributed by atoms with E-state index < -0.39 is 29.5 Å².